The molecule has 282 valence electrons. The van der Waals surface area contributed by atoms with E-state index in [2.05, 4.69) is 252 Å². The summed E-state index contributed by atoms with van der Waals surface area (Å²) in [5.41, 5.74) is 16.3. The predicted molar refractivity (Wildman–Crippen MR) is 255 cm³/mol. The molecule has 0 aliphatic heterocycles. The van der Waals surface area contributed by atoms with Gasteiger partial charge in [0.25, 0.3) is 0 Å². The average Bonchev–Trinajstić information content (AvgIpc) is 3.67. The second kappa shape index (κ2) is 15.1. The molecule has 0 unspecified atom stereocenters. The highest BCUT2D eigenvalue weighted by molar-refractivity contribution is 6.16. The Morgan fingerprint density at radius 3 is 1.63 bits per heavy atom. The Kier molecular flexibility index (Phi) is 8.87. The lowest BCUT2D eigenvalue weighted by molar-refractivity contribution is 1.18. The van der Waals surface area contributed by atoms with Crippen molar-refractivity contribution in [3.63, 3.8) is 0 Å². The Labute approximate surface area is 350 Å². The Bertz CT molecular complexity index is 3320. The van der Waals surface area contributed by atoms with Crippen molar-refractivity contribution in [2.24, 2.45) is 0 Å². The molecule has 60 heavy (non-hydrogen) atoms. The molecule has 11 aromatic rings. The van der Waals surface area contributed by atoms with Crippen molar-refractivity contribution in [1.29, 1.82) is 0 Å². The first kappa shape index (κ1) is 35.2. The molecule has 1 aromatic heterocycles. The first-order valence-electron chi connectivity index (χ1n) is 20.6. The van der Waals surface area contributed by atoms with E-state index in [-0.39, 0.29) is 0 Å². The number of aromatic nitrogens is 1. The van der Waals surface area contributed by atoms with Crippen LogP contribution in [-0.2, 0) is 0 Å². The lowest BCUT2D eigenvalue weighted by atomic mass is 9.88. The monoisotopic (exact) mass is 764 g/mol. The van der Waals surface area contributed by atoms with E-state index in [0.29, 0.717) is 0 Å². The molecule has 0 aliphatic rings. The Morgan fingerprint density at radius 1 is 0.300 bits per heavy atom. The molecule has 11 rings (SSSR count). The minimum Gasteiger partial charge on any atom is -0.310 e. The molecule has 0 amide bonds. The molecule has 2 heteroatoms. The summed E-state index contributed by atoms with van der Waals surface area (Å²) in [5.74, 6) is 0. The largest absolute Gasteiger partial charge is 0.310 e. The predicted octanol–water partition coefficient (Wildman–Crippen LogP) is 16.1. The van der Waals surface area contributed by atoms with Crippen LogP contribution in [0.4, 0.5) is 17.1 Å². The van der Waals surface area contributed by atoms with Gasteiger partial charge >= 0.3 is 0 Å². The molecule has 0 radical (unpaired) electrons. The Morgan fingerprint density at radius 2 is 0.833 bits per heavy atom. The number of hydrogen-bond acceptors (Lipinski definition) is 1. The van der Waals surface area contributed by atoms with Crippen molar-refractivity contribution < 1.29 is 0 Å². The van der Waals surface area contributed by atoms with Crippen molar-refractivity contribution in [2.45, 2.75) is 0 Å². The van der Waals surface area contributed by atoms with Crippen LogP contribution in [0.25, 0.3) is 82.8 Å². The van der Waals surface area contributed by atoms with E-state index in [1.165, 1.54) is 66.0 Å². The molecular formula is C58H40N2. The van der Waals surface area contributed by atoms with Gasteiger partial charge < -0.3 is 9.47 Å². The van der Waals surface area contributed by atoms with E-state index >= 15 is 0 Å². The van der Waals surface area contributed by atoms with Crippen LogP contribution in [0.2, 0.25) is 0 Å². The van der Waals surface area contributed by atoms with Crippen molar-refractivity contribution in [1.82, 2.24) is 4.57 Å². The zero-order chi connectivity index (χ0) is 39.8. The van der Waals surface area contributed by atoms with Gasteiger partial charge in [-0.25, -0.2) is 0 Å². The second-order valence-electron chi connectivity index (χ2n) is 15.3. The Balaban J connectivity index is 1.13. The van der Waals surface area contributed by atoms with Crippen LogP contribution >= 0.6 is 0 Å². The summed E-state index contributed by atoms with van der Waals surface area (Å²) >= 11 is 0. The van der Waals surface area contributed by atoms with Gasteiger partial charge in [-0.05, 0) is 104 Å². The summed E-state index contributed by atoms with van der Waals surface area (Å²) in [6.07, 6.45) is 0. The Hall–Kier alpha value is -7.94. The fourth-order valence-electron chi connectivity index (χ4n) is 9.11. The molecule has 0 aliphatic carbocycles. The van der Waals surface area contributed by atoms with E-state index in [4.69, 9.17) is 0 Å². The fourth-order valence-corrected chi connectivity index (χ4v) is 9.11. The van der Waals surface area contributed by atoms with Crippen LogP contribution < -0.4 is 4.90 Å². The third-order valence-electron chi connectivity index (χ3n) is 11.8. The van der Waals surface area contributed by atoms with Gasteiger partial charge in [0.15, 0.2) is 0 Å². The molecule has 1 heterocycles. The minimum atomic E-state index is 1.08. The smallest absolute Gasteiger partial charge is 0.0547 e. The summed E-state index contributed by atoms with van der Waals surface area (Å²) in [4.78, 5) is 2.44. The summed E-state index contributed by atoms with van der Waals surface area (Å²) in [6, 6.07) is 87.9. The number of hydrogen-bond donors (Lipinski definition) is 0. The van der Waals surface area contributed by atoms with Crippen molar-refractivity contribution in [3.05, 3.63) is 243 Å². The molecule has 2 nitrogen and oxygen atoms in total. The molecule has 0 bridgehead atoms. The molecule has 0 saturated carbocycles. The number of fused-ring (bicyclic) bond motifs is 4. The van der Waals surface area contributed by atoms with Gasteiger partial charge in [-0.1, -0.05) is 188 Å². The van der Waals surface area contributed by atoms with E-state index < -0.39 is 0 Å². The highest BCUT2D eigenvalue weighted by Gasteiger charge is 2.22. The maximum Gasteiger partial charge on any atom is 0.0547 e. The number of rotatable bonds is 8. The summed E-state index contributed by atoms with van der Waals surface area (Å²) in [6.45, 7) is 0. The van der Waals surface area contributed by atoms with Gasteiger partial charge in [-0.15, -0.1) is 0 Å². The minimum absolute atomic E-state index is 1.08. The molecule has 0 saturated heterocycles. The molecule has 0 atom stereocenters. The highest BCUT2D eigenvalue weighted by atomic mass is 15.1. The standard InChI is InChI=1S/C58H40N2/c1-3-20-42(21-4-1)48-27-9-10-28-50(48)51-29-11-12-30-52(51)53-31-13-15-34-55(53)59(47-38-37-41-19-7-8-22-43(41)39-47)46-26-17-23-44(40-46)49-33-18-36-57-58(49)54-32-14-16-35-56(54)60(57)45-24-5-2-6-25-45/h1-40H. The fraction of sp³-hybridized carbons (Fsp3) is 0. The van der Waals surface area contributed by atoms with Gasteiger partial charge in [0.1, 0.15) is 0 Å². The van der Waals surface area contributed by atoms with Crippen molar-refractivity contribution in [3.8, 4) is 50.2 Å². The van der Waals surface area contributed by atoms with Gasteiger partial charge in [0.2, 0.25) is 0 Å². The van der Waals surface area contributed by atoms with E-state index in [0.717, 1.165) is 33.9 Å². The zero-order valence-electron chi connectivity index (χ0n) is 33.0. The summed E-state index contributed by atoms with van der Waals surface area (Å²) < 4.78 is 2.39. The number of anilines is 3. The van der Waals surface area contributed by atoms with Gasteiger partial charge in [-0.2, -0.15) is 0 Å². The van der Waals surface area contributed by atoms with Gasteiger partial charge in [-0.3, -0.25) is 0 Å². The lowest BCUT2D eigenvalue weighted by Crippen LogP contribution is -2.11. The van der Waals surface area contributed by atoms with Gasteiger partial charge in [0, 0.05) is 33.4 Å². The van der Waals surface area contributed by atoms with Crippen LogP contribution in [0.5, 0.6) is 0 Å². The van der Waals surface area contributed by atoms with E-state index in [9.17, 15) is 0 Å². The first-order valence-corrected chi connectivity index (χ1v) is 20.6. The van der Waals surface area contributed by atoms with Crippen molar-refractivity contribution >= 4 is 49.6 Å². The average molecular weight is 765 g/mol. The van der Waals surface area contributed by atoms with E-state index in [1.54, 1.807) is 0 Å². The summed E-state index contributed by atoms with van der Waals surface area (Å²) in [7, 11) is 0. The van der Waals surface area contributed by atoms with Crippen LogP contribution in [0, 0.1) is 0 Å². The lowest BCUT2D eigenvalue weighted by Gasteiger charge is -2.29. The summed E-state index contributed by atoms with van der Waals surface area (Å²) in [5, 5.41) is 4.90. The maximum absolute atomic E-state index is 2.44. The normalized spacial score (nSPS) is 11.3. The maximum atomic E-state index is 2.44. The molecule has 10 aromatic carbocycles. The highest BCUT2D eigenvalue weighted by Crippen LogP contribution is 2.47. The third kappa shape index (κ3) is 6.14. The van der Waals surface area contributed by atoms with Gasteiger partial charge in [0.05, 0.1) is 16.7 Å². The number of nitrogens with zero attached hydrogens (tertiary/aromatic N) is 2. The van der Waals surface area contributed by atoms with Crippen molar-refractivity contribution in [2.75, 3.05) is 4.90 Å². The first-order chi connectivity index (χ1) is 29.8. The second-order valence-corrected chi connectivity index (χ2v) is 15.3. The van der Waals surface area contributed by atoms with E-state index in [1.807, 2.05) is 0 Å². The SMILES string of the molecule is c1ccc(-c2ccccc2-c2ccccc2-c2ccccc2N(c2cccc(-c3cccc4c3c3ccccc3n4-c3ccccc3)c2)c2ccc3ccccc3c2)cc1. The quantitative estimate of drug-likeness (QED) is 0.150. The molecular weight excluding hydrogens is 725 g/mol. The zero-order valence-corrected chi connectivity index (χ0v) is 33.0. The third-order valence-corrected chi connectivity index (χ3v) is 11.8. The van der Waals surface area contributed by atoms with Crippen LogP contribution in [-0.4, -0.2) is 4.57 Å². The molecule has 0 spiro atoms. The number of para-hydroxylation sites is 3. The van der Waals surface area contributed by atoms with Crippen LogP contribution in [0.1, 0.15) is 0 Å². The van der Waals surface area contributed by atoms with Crippen LogP contribution in [0.15, 0.2) is 243 Å². The molecule has 0 fully saturated rings. The van der Waals surface area contributed by atoms with Crippen LogP contribution in [0.3, 0.4) is 0 Å². The number of benzene rings is 10. The molecule has 0 N–H and O–H groups in total. The topological polar surface area (TPSA) is 8.17 Å².